The van der Waals surface area contributed by atoms with Gasteiger partial charge in [0.15, 0.2) is 0 Å². The highest BCUT2D eigenvalue weighted by Crippen LogP contribution is 2.26. The van der Waals surface area contributed by atoms with Gasteiger partial charge in [0.25, 0.3) is 0 Å². The molecule has 1 heterocycles. The predicted octanol–water partition coefficient (Wildman–Crippen LogP) is 1.92. The Labute approximate surface area is 89.1 Å². The average Bonchev–Trinajstić information content (AvgIpc) is 2.17. The SMILES string of the molecule is Cc1cc(F)ccc1[C@H]1C[C@@H](O)CCN1. The van der Waals surface area contributed by atoms with Crippen LogP contribution in [0.5, 0.6) is 0 Å². The minimum absolute atomic E-state index is 0.161. The molecule has 0 bridgehead atoms. The number of nitrogens with one attached hydrogen (secondary N) is 1. The van der Waals surface area contributed by atoms with Gasteiger partial charge in [-0.1, -0.05) is 6.07 Å². The van der Waals surface area contributed by atoms with Gasteiger partial charge in [-0.25, -0.2) is 4.39 Å². The van der Waals surface area contributed by atoms with E-state index in [4.69, 9.17) is 0 Å². The molecule has 1 aromatic carbocycles. The van der Waals surface area contributed by atoms with E-state index >= 15 is 0 Å². The van der Waals surface area contributed by atoms with Gasteiger partial charge < -0.3 is 10.4 Å². The van der Waals surface area contributed by atoms with Gasteiger partial charge in [-0.15, -0.1) is 0 Å². The van der Waals surface area contributed by atoms with Crippen LogP contribution in [0.1, 0.15) is 30.0 Å². The van der Waals surface area contributed by atoms with E-state index in [9.17, 15) is 9.50 Å². The molecule has 2 rings (SSSR count). The number of halogens is 1. The number of aliphatic hydroxyl groups excluding tert-OH is 1. The summed E-state index contributed by atoms with van der Waals surface area (Å²) in [6, 6.07) is 4.98. The molecule has 1 aliphatic rings. The van der Waals surface area contributed by atoms with Crippen molar-refractivity contribution < 1.29 is 9.50 Å². The fourth-order valence-electron chi connectivity index (χ4n) is 2.16. The van der Waals surface area contributed by atoms with Crippen molar-refractivity contribution in [2.45, 2.75) is 31.9 Å². The van der Waals surface area contributed by atoms with Gasteiger partial charge in [0, 0.05) is 6.04 Å². The molecule has 2 atom stereocenters. The van der Waals surface area contributed by atoms with E-state index in [2.05, 4.69) is 5.32 Å². The summed E-state index contributed by atoms with van der Waals surface area (Å²) in [5.74, 6) is -0.201. The van der Waals surface area contributed by atoms with Gasteiger partial charge in [-0.3, -0.25) is 0 Å². The Hall–Kier alpha value is -0.930. The first kappa shape index (κ1) is 10.6. The molecule has 2 nitrogen and oxygen atoms in total. The van der Waals surface area contributed by atoms with Crippen molar-refractivity contribution in [3.63, 3.8) is 0 Å². The highest BCUT2D eigenvalue weighted by atomic mass is 19.1. The van der Waals surface area contributed by atoms with Crippen molar-refractivity contribution in [3.05, 3.63) is 35.1 Å². The largest absolute Gasteiger partial charge is 0.393 e. The van der Waals surface area contributed by atoms with E-state index in [1.54, 1.807) is 6.07 Å². The minimum atomic E-state index is -0.235. The molecular weight excluding hydrogens is 193 g/mol. The quantitative estimate of drug-likeness (QED) is 0.740. The molecule has 0 spiro atoms. The van der Waals surface area contributed by atoms with Crippen LogP contribution < -0.4 is 5.32 Å². The van der Waals surface area contributed by atoms with Gasteiger partial charge in [-0.2, -0.15) is 0 Å². The zero-order valence-corrected chi connectivity index (χ0v) is 8.83. The predicted molar refractivity (Wildman–Crippen MR) is 57.1 cm³/mol. The van der Waals surface area contributed by atoms with Crippen LogP contribution in [0.3, 0.4) is 0 Å². The molecule has 0 radical (unpaired) electrons. The fourth-order valence-corrected chi connectivity index (χ4v) is 2.16. The van der Waals surface area contributed by atoms with Crippen LogP contribution in [0.15, 0.2) is 18.2 Å². The van der Waals surface area contributed by atoms with Gasteiger partial charge in [-0.05, 0) is 49.6 Å². The van der Waals surface area contributed by atoms with E-state index in [1.807, 2.05) is 6.92 Å². The van der Waals surface area contributed by atoms with Crippen molar-refractivity contribution in [2.24, 2.45) is 0 Å². The molecule has 3 heteroatoms. The maximum absolute atomic E-state index is 12.9. The van der Waals surface area contributed by atoms with Crippen LogP contribution in [-0.4, -0.2) is 17.8 Å². The van der Waals surface area contributed by atoms with E-state index < -0.39 is 0 Å². The van der Waals surface area contributed by atoms with E-state index in [-0.39, 0.29) is 18.0 Å². The Morgan fingerprint density at radius 2 is 2.27 bits per heavy atom. The Morgan fingerprint density at radius 3 is 2.93 bits per heavy atom. The molecule has 2 N–H and O–H groups in total. The van der Waals surface area contributed by atoms with Crippen LogP contribution >= 0.6 is 0 Å². The molecule has 15 heavy (non-hydrogen) atoms. The van der Waals surface area contributed by atoms with Crippen molar-refractivity contribution in [2.75, 3.05) is 6.54 Å². The first-order chi connectivity index (χ1) is 7.16. The highest BCUT2D eigenvalue weighted by molar-refractivity contribution is 5.29. The van der Waals surface area contributed by atoms with Crippen LogP contribution in [0.4, 0.5) is 4.39 Å². The molecule has 1 fully saturated rings. The number of hydrogen-bond donors (Lipinski definition) is 2. The lowest BCUT2D eigenvalue weighted by atomic mass is 9.93. The normalized spacial score (nSPS) is 26.6. The minimum Gasteiger partial charge on any atom is -0.393 e. The summed E-state index contributed by atoms with van der Waals surface area (Å²) in [5, 5.41) is 12.9. The van der Waals surface area contributed by atoms with Crippen molar-refractivity contribution in [1.82, 2.24) is 5.32 Å². The van der Waals surface area contributed by atoms with Crippen molar-refractivity contribution in [1.29, 1.82) is 0 Å². The Kier molecular flexibility index (Phi) is 3.03. The summed E-state index contributed by atoms with van der Waals surface area (Å²) in [6.07, 6.45) is 1.28. The lowest BCUT2D eigenvalue weighted by Gasteiger charge is -2.28. The molecule has 0 amide bonds. The summed E-state index contributed by atoms with van der Waals surface area (Å²) in [5.41, 5.74) is 2.04. The molecule has 0 aromatic heterocycles. The fraction of sp³-hybridized carbons (Fsp3) is 0.500. The highest BCUT2D eigenvalue weighted by Gasteiger charge is 2.21. The van der Waals surface area contributed by atoms with E-state index in [1.165, 1.54) is 12.1 Å². The maximum atomic E-state index is 12.9. The number of rotatable bonds is 1. The molecule has 0 unspecified atom stereocenters. The smallest absolute Gasteiger partial charge is 0.123 e. The molecule has 82 valence electrons. The van der Waals surface area contributed by atoms with Crippen LogP contribution in [0.2, 0.25) is 0 Å². The van der Waals surface area contributed by atoms with Crippen LogP contribution in [0.25, 0.3) is 0 Å². The summed E-state index contributed by atoms with van der Waals surface area (Å²) in [4.78, 5) is 0. The lowest BCUT2D eigenvalue weighted by molar-refractivity contribution is 0.116. The van der Waals surface area contributed by atoms with Crippen LogP contribution in [0, 0.1) is 12.7 Å². The second-order valence-corrected chi connectivity index (χ2v) is 4.19. The molecule has 1 aliphatic heterocycles. The second kappa shape index (κ2) is 4.29. The Bertz CT molecular complexity index is 353. The molecule has 0 aliphatic carbocycles. The summed E-state index contributed by atoms with van der Waals surface area (Å²) in [6.45, 7) is 2.73. The number of piperidine rings is 1. The van der Waals surface area contributed by atoms with Crippen LogP contribution in [-0.2, 0) is 0 Å². The summed E-state index contributed by atoms with van der Waals surface area (Å²) in [7, 11) is 0. The number of hydrogen-bond acceptors (Lipinski definition) is 2. The van der Waals surface area contributed by atoms with Gasteiger partial charge in [0.1, 0.15) is 5.82 Å². The van der Waals surface area contributed by atoms with E-state index in [0.717, 1.165) is 24.1 Å². The van der Waals surface area contributed by atoms with Crippen molar-refractivity contribution >= 4 is 0 Å². The number of aliphatic hydroxyl groups is 1. The topological polar surface area (TPSA) is 32.3 Å². The maximum Gasteiger partial charge on any atom is 0.123 e. The Morgan fingerprint density at radius 1 is 1.47 bits per heavy atom. The second-order valence-electron chi connectivity index (χ2n) is 4.19. The van der Waals surface area contributed by atoms with Gasteiger partial charge in [0.2, 0.25) is 0 Å². The molecular formula is C12H16FNO. The number of aryl methyl sites for hydroxylation is 1. The third-order valence-electron chi connectivity index (χ3n) is 2.98. The first-order valence-corrected chi connectivity index (χ1v) is 5.34. The molecule has 0 saturated carbocycles. The number of benzene rings is 1. The third-order valence-corrected chi connectivity index (χ3v) is 2.98. The Balaban J connectivity index is 2.21. The van der Waals surface area contributed by atoms with Gasteiger partial charge in [0.05, 0.1) is 6.10 Å². The first-order valence-electron chi connectivity index (χ1n) is 5.34. The third kappa shape index (κ3) is 2.36. The summed E-state index contributed by atoms with van der Waals surface area (Å²) >= 11 is 0. The molecule has 1 aromatic rings. The lowest BCUT2D eigenvalue weighted by Crippen LogP contribution is -2.34. The standard InChI is InChI=1S/C12H16FNO/c1-8-6-9(13)2-3-11(8)12-7-10(15)4-5-14-12/h2-3,6,10,12,14-15H,4-5,7H2,1H3/t10-,12+/m0/s1. The monoisotopic (exact) mass is 209 g/mol. The van der Waals surface area contributed by atoms with Crippen molar-refractivity contribution in [3.8, 4) is 0 Å². The summed E-state index contributed by atoms with van der Waals surface area (Å²) < 4.78 is 12.9. The van der Waals surface area contributed by atoms with E-state index in [0.29, 0.717) is 6.42 Å². The zero-order chi connectivity index (χ0) is 10.8. The van der Waals surface area contributed by atoms with Gasteiger partial charge >= 0.3 is 0 Å². The average molecular weight is 209 g/mol. The zero-order valence-electron chi connectivity index (χ0n) is 8.83. The molecule has 1 saturated heterocycles.